The Kier molecular flexibility index (Phi) is 9.89. The van der Waals surface area contributed by atoms with Crippen LogP contribution in [-0.2, 0) is 22.6 Å². The maximum absolute atomic E-state index is 12.5. The van der Waals surface area contributed by atoms with Crippen molar-refractivity contribution in [1.29, 1.82) is 0 Å². The van der Waals surface area contributed by atoms with Gasteiger partial charge in [0.1, 0.15) is 0 Å². The van der Waals surface area contributed by atoms with Crippen LogP contribution in [0.4, 0.5) is 13.2 Å². The highest BCUT2D eigenvalue weighted by Crippen LogP contribution is 2.30. The second-order valence-electron chi connectivity index (χ2n) is 6.09. The first-order valence-corrected chi connectivity index (χ1v) is 11.1. The SMILES string of the molecule is CCS(=O)(=O)N1CCC(NC(=NC)NCCc2nc(C(F)(F)F)cs2)CC1.I. The molecule has 0 aromatic carbocycles. The van der Waals surface area contributed by atoms with Gasteiger partial charge in [-0.1, -0.05) is 0 Å². The van der Waals surface area contributed by atoms with Crippen molar-refractivity contribution in [2.24, 2.45) is 4.99 Å². The van der Waals surface area contributed by atoms with Crippen molar-refractivity contribution in [1.82, 2.24) is 19.9 Å². The van der Waals surface area contributed by atoms with Crippen LogP contribution >= 0.6 is 35.3 Å². The lowest BCUT2D eigenvalue weighted by atomic mass is 10.1. The quantitative estimate of drug-likeness (QED) is 0.320. The zero-order chi connectivity index (χ0) is 20.1. The molecule has 0 spiro atoms. The number of aromatic nitrogens is 1. The summed E-state index contributed by atoms with van der Waals surface area (Å²) in [6, 6.07) is 0.0937. The molecule has 28 heavy (non-hydrogen) atoms. The van der Waals surface area contributed by atoms with Crippen molar-refractivity contribution in [2.45, 2.75) is 38.4 Å². The van der Waals surface area contributed by atoms with Gasteiger partial charge < -0.3 is 10.6 Å². The summed E-state index contributed by atoms with van der Waals surface area (Å²) in [6.07, 6.45) is -2.72. The minimum Gasteiger partial charge on any atom is -0.356 e. The number of sulfonamides is 1. The van der Waals surface area contributed by atoms with Crippen molar-refractivity contribution in [3.05, 3.63) is 16.1 Å². The highest BCUT2D eigenvalue weighted by molar-refractivity contribution is 14.0. The van der Waals surface area contributed by atoms with Crippen LogP contribution in [-0.4, -0.2) is 62.1 Å². The number of nitrogens with zero attached hydrogens (tertiary/aromatic N) is 3. The van der Waals surface area contributed by atoms with E-state index in [1.165, 1.54) is 4.31 Å². The van der Waals surface area contributed by atoms with Crippen molar-refractivity contribution in [2.75, 3.05) is 32.4 Å². The number of aliphatic imine (C=N–C) groups is 1. The molecule has 0 saturated carbocycles. The smallest absolute Gasteiger partial charge is 0.356 e. The van der Waals surface area contributed by atoms with Crippen LogP contribution in [0.15, 0.2) is 10.4 Å². The predicted molar refractivity (Wildman–Crippen MR) is 115 cm³/mol. The third-order valence-corrected chi connectivity index (χ3v) is 7.04. The molecule has 1 aromatic heterocycles. The molecule has 1 aliphatic rings. The van der Waals surface area contributed by atoms with Gasteiger partial charge in [0.2, 0.25) is 10.0 Å². The van der Waals surface area contributed by atoms with Crippen molar-refractivity contribution < 1.29 is 21.6 Å². The van der Waals surface area contributed by atoms with Crippen LogP contribution in [0, 0.1) is 0 Å². The summed E-state index contributed by atoms with van der Waals surface area (Å²) in [5.41, 5.74) is -0.862. The Bertz CT molecular complexity index is 747. The number of piperidine rings is 1. The van der Waals surface area contributed by atoms with E-state index in [1.54, 1.807) is 14.0 Å². The third-order valence-electron chi connectivity index (χ3n) is 4.25. The number of alkyl halides is 3. The predicted octanol–water partition coefficient (Wildman–Crippen LogP) is 2.30. The summed E-state index contributed by atoms with van der Waals surface area (Å²) in [5, 5.41) is 7.71. The molecular formula is C15H25F3IN5O2S2. The van der Waals surface area contributed by atoms with Crippen LogP contribution in [0.1, 0.15) is 30.5 Å². The molecule has 1 fully saturated rings. The lowest BCUT2D eigenvalue weighted by molar-refractivity contribution is -0.140. The van der Waals surface area contributed by atoms with E-state index in [0.717, 1.165) is 16.7 Å². The van der Waals surface area contributed by atoms with Gasteiger partial charge >= 0.3 is 6.18 Å². The van der Waals surface area contributed by atoms with Gasteiger partial charge in [0, 0.05) is 44.5 Å². The number of halogens is 4. The first-order valence-electron chi connectivity index (χ1n) is 8.62. The van der Waals surface area contributed by atoms with E-state index in [9.17, 15) is 21.6 Å². The largest absolute Gasteiger partial charge is 0.434 e. The monoisotopic (exact) mass is 555 g/mol. The Morgan fingerprint density at radius 1 is 1.39 bits per heavy atom. The fraction of sp³-hybridized carbons (Fsp3) is 0.733. The number of nitrogens with one attached hydrogen (secondary N) is 2. The number of guanidine groups is 1. The lowest BCUT2D eigenvalue weighted by Crippen LogP contribution is -2.50. The maximum atomic E-state index is 12.5. The van der Waals surface area contributed by atoms with Gasteiger partial charge in [-0.2, -0.15) is 13.2 Å². The third kappa shape index (κ3) is 7.30. The number of rotatable bonds is 6. The summed E-state index contributed by atoms with van der Waals surface area (Å²) < 4.78 is 62.9. The van der Waals surface area contributed by atoms with Crippen LogP contribution in [0.25, 0.3) is 0 Å². The Morgan fingerprint density at radius 2 is 2.04 bits per heavy atom. The number of thiazole rings is 1. The highest BCUT2D eigenvalue weighted by Gasteiger charge is 2.33. The molecule has 0 amide bonds. The standard InChI is InChI=1S/C15H24F3N5O2S2.HI/c1-3-27(24,25)23-8-5-11(6-9-23)21-14(19-2)20-7-4-13-22-12(10-26-13)15(16,17)18;/h10-11H,3-9H2,1-2H3,(H2,19,20,21);1H. The minimum absolute atomic E-state index is 0. The van der Waals surface area contributed by atoms with E-state index in [1.807, 2.05) is 0 Å². The van der Waals surface area contributed by atoms with Gasteiger partial charge in [-0.15, -0.1) is 35.3 Å². The van der Waals surface area contributed by atoms with Crippen molar-refractivity contribution in [3.63, 3.8) is 0 Å². The molecular weight excluding hydrogens is 530 g/mol. The van der Waals surface area contributed by atoms with E-state index in [-0.39, 0.29) is 35.8 Å². The molecule has 0 aliphatic carbocycles. The second kappa shape index (κ2) is 10.9. The van der Waals surface area contributed by atoms with Gasteiger partial charge in [-0.05, 0) is 19.8 Å². The molecule has 162 valence electrons. The highest BCUT2D eigenvalue weighted by atomic mass is 127. The average molecular weight is 555 g/mol. The van der Waals surface area contributed by atoms with Crippen molar-refractivity contribution in [3.8, 4) is 0 Å². The molecule has 2 heterocycles. The summed E-state index contributed by atoms with van der Waals surface area (Å²) >= 11 is 0.982. The second-order valence-corrected chi connectivity index (χ2v) is 9.29. The van der Waals surface area contributed by atoms with Crippen LogP contribution in [0.3, 0.4) is 0 Å². The van der Waals surface area contributed by atoms with E-state index < -0.39 is 21.9 Å². The molecule has 2 rings (SSSR count). The Labute approximate surface area is 184 Å². The number of hydrogen-bond acceptors (Lipinski definition) is 5. The Balaban J connectivity index is 0.00000392. The normalized spacial score (nSPS) is 17.2. The van der Waals surface area contributed by atoms with Crippen LogP contribution in [0.2, 0.25) is 0 Å². The van der Waals surface area contributed by atoms with E-state index in [2.05, 4.69) is 20.6 Å². The fourth-order valence-corrected chi connectivity index (χ4v) is 4.63. The molecule has 0 unspecified atom stereocenters. The van der Waals surface area contributed by atoms with Gasteiger partial charge in [0.05, 0.1) is 10.8 Å². The maximum Gasteiger partial charge on any atom is 0.434 e. The summed E-state index contributed by atoms with van der Waals surface area (Å²) in [7, 11) is -1.55. The summed E-state index contributed by atoms with van der Waals surface area (Å²) in [5.74, 6) is 0.639. The average Bonchev–Trinajstić information content (AvgIpc) is 3.10. The van der Waals surface area contributed by atoms with Crippen molar-refractivity contribution >= 4 is 51.3 Å². The van der Waals surface area contributed by atoms with Gasteiger partial charge in [0.25, 0.3) is 0 Å². The Morgan fingerprint density at radius 3 is 2.54 bits per heavy atom. The molecule has 1 aromatic rings. The first-order chi connectivity index (χ1) is 12.7. The molecule has 7 nitrogen and oxygen atoms in total. The minimum atomic E-state index is -4.42. The molecule has 1 aliphatic heterocycles. The zero-order valence-electron chi connectivity index (χ0n) is 15.6. The summed E-state index contributed by atoms with van der Waals surface area (Å²) in [6.45, 7) is 2.95. The van der Waals surface area contributed by atoms with E-state index in [0.29, 0.717) is 49.9 Å². The van der Waals surface area contributed by atoms with Gasteiger partial charge in [0.15, 0.2) is 11.7 Å². The zero-order valence-corrected chi connectivity index (χ0v) is 19.6. The molecule has 0 radical (unpaired) electrons. The topological polar surface area (TPSA) is 86.7 Å². The van der Waals surface area contributed by atoms with Crippen LogP contribution < -0.4 is 10.6 Å². The van der Waals surface area contributed by atoms with Gasteiger partial charge in [-0.25, -0.2) is 17.7 Å². The first kappa shape index (κ1) is 25.4. The molecule has 1 saturated heterocycles. The van der Waals surface area contributed by atoms with E-state index in [4.69, 9.17) is 0 Å². The molecule has 0 bridgehead atoms. The van der Waals surface area contributed by atoms with Crippen LogP contribution in [0.5, 0.6) is 0 Å². The molecule has 13 heteroatoms. The lowest BCUT2D eigenvalue weighted by Gasteiger charge is -2.32. The molecule has 2 N–H and O–H groups in total. The van der Waals surface area contributed by atoms with E-state index >= 15 is 0 Å². The molecule has 0 atom stereocenters. The summed E-state index contributed by atoms with van der Waals surface area (Å²) in [4.78, 5) is 7.70. The fourth-order valence-electron chi connectivity index (χ4n) is 2.69. The Hall–Kier alpha value is -0.670. The van der Waals surface area contributed by atoms with Gasteiger partial charge in [-0.3, -0.25) is 4.99 Å². The number of hydrogen-bond donors (Lipinski definition) is 2.